The van der Waals surface area contributed by atoms with Gasteiger partial charge in [-0.2, -0.15) is 0 Å². The molecule has 1 unspecified atom stereocenters. The van der Waals surface area contributed by atoms with Crippen LogP contribution in [-0.4, -0.2) is 42.1 Å². The second-order valence-corrected chi connectivity index (χ2v) is 4.60. The maximum atomic E-state index is 11.7. The van der Waals surface area contributed by atoms with Gasteiger partial charge in [0.05, 0.1) is 5.92 Å². The van der Waals surface area contributed by atoms with Gasteiger partial charge >= 0.3 is 5.97 Å². The number of nitrogens with zero attached hydrogens (tertiary/aromatic N) is 2. The monoisotopic (exact) mass is 263 g/mol. The highest BCUT2D eigenvalue weighted by atomic mass is 16.4. The molecule has 1 fully saturated rings. The van der Waals surface area contributed by atoms with Crippen molar-refractivity contribution in [2.24, 2.45) is 5.92 Å². The molecule has 2 rings (SSSR count). The fourth-order valence-corrected chi connectivity index (χ4v) is 2.36. The number of carbonyl (C=O) groups is 2. The van der Waals surface area contributed by atoms with Crippen LogP contribution in [0.2, 0.25) is 0 Å². The topological polar surface area (TPSA) is 82.5 Å². The first-order valence-corrected chi connectivity index (χ1v) is 6.27. The number of rotatable bonds is 3. The van der Waals surface area contributed by atoms with Crippen molar-refractivity contribution in [3.63, 3.8) is 0 Å². The van der Waals surface area contributed by atoms with Gasteiger partial charge in [0.25, 0.3) is 0 Å². The van der Waals surface area contributed by atoms with E-state index >= 15 is 0 Å². The van der Waals surface area contributed by atoms with Gasteiger partial charge in [0.15, 0.2) is 0 Å². The van der Waals surface area contributed by atoms with Gasteiger partial charge in [-0.1, -0.05) is 0 Å². The number of aromatic carboxylic acids is 1. The van der Waals surface area contributed by atoms with E-state index in [4.69, 9.17) is 5.11 Å². The van der Waals surface area contributed by atoms with Crippen LogP contribution in [0.3, 0.4) is 0 Å². The second-order valence-electron chi connectivity index (χ2n) is 4.60. The molecule has 0 bridgehead atoms. The predicted octanol–water partition coefficient (Wildman–Crippen LogP) is 0.742. The number of carboxylic acids is 1. The Hall–Kier alpha value is -2.11. The third-order valence-corrected chi connectivity index (χ3v) is 3.37. The van der Waals surface area contributed by atoms with Crippen molar-refractivity contribution in [2.75, 3.05) is 25.0 Å². The number of carbonyl (C=O) groups excluding carboxylic acids is 1. The fourth-order valence-electron chi connectivity index (χ4n) is 2.36. The van der Waals surface area contributed by atoms with Gasteiger partial charge in [0.1, 0.15) is 5.69 Å². The summed E-state index contributed by atoms with van der Waals surface area (Å²) in [6.45, 7) is 1.44. The average molecular weight is 263 g/mol. The lowest BCUT2D eigenvalue weighted by Gasteiger charge is -2.33. The third-order valence-electron chi connectivity index (χ3n) is 3.37. The fraction of sp³-hybridized carbons (Fsp3) is 0.462. The van der Waals surface area contributed by atoms with E-state index in [0.29, 0.717) is 6.54 Å². The molecule has 1 aliphatic heterocycles. The minimum atomic E-state index is -1.04. The molecule has 1 aliphatic rings. The van der Waals surface area contributed by atoms with Crippen molar-refractivity contribution in [3.8, 4) is 0 Å². The van der Waals surface area contributed by atoms with Crippen LogP contribution in [0.25, 0.3) is 0 Å². The Morgan fingerprint density at radius 2 is 2.32 bits per heavy atom. The standard InChI is InChI=1S/C13H17N3O3/c1-14-12(17)9-3-2-6-16(8-9)10-4-5-15-11(7-10)13(18)19/h4-5,7,9H,2-3,6,8H2,1H3,(H,14,17)(H,18,19). The Morgan fingerprint density at radius 3 is 3.00 bits per heavy atom. The van der Waals surface area contributed by atoms with Crippen molar-refractivity contribution >= 4 is 17.6 Å². The van der Waals surface area contributed by atoms with E-state index in [1.807, 2.05) is 4.90 Å². The van der Waals surface area contributed by atoms with Crippen LogP contribution in [0.1, 0.15) is 23.3 Å². The van der Waals surface area contributed by atoms with Gasteiger partial charge in [-0.3, -0.25) is 4.79 Å². The molecule has 6 nitrogen and oxygen atoms in total. The molecule has 102 valence electrons. The maximum absolute atomic E-state index is 11.7. The summed E-state index contributed by atoms with van der Waals surface area (Å²) in [5.41, 5.74) is 0.834. The molecule has 0 aromatic carbocycles. The number of aromatic nitrogens is 1. The van der Waals surface area contributed by atoms with Crippen LogP contribution in [-0.2, 0) is 4.79 Å². The van der Waals surface area contributed by atoms with Gasteiger partial charge in [-0.05, 0) is 25.0 Å². The lowest BCUT2D eigenvalue weighted by Crippen LogP contribution is -2.42. The van der Waals surface area contributed by atoms with Crippen molar-refractivity contribution in [1.82, 2.24) is 10.3 Å². The molecule has 1 saturated heterocycles. The summed E-state index contributed by atoms with van der Waals surface area (Å²) in [6, 6.07) is 3.33. The van der Waals surface area contributed by atoms with Crippen LogP contribution in [0.15, 0.2) is 18.3 Å². The molecular weight excluding hydrogens is 246 g/mol. The highest BCUT2D eigenvalue weighted by Crippen LogP contribution is 2.23. The molecular formula is C13H17N3O3. The molecule has 1 aromatic heterocycles. The van der Waals surface area contributed by atoms with E-state index in [1.165, 1.54) is 6.20 Å². The normalized spacial score (nSPS) is 19.0. The highest BCUT2D eigenvalue weighted by molar-refractivity contribution is 5.86. The van der Waals surface area contributed by atoms with E-state index in [9.17, 15) is 9.59 Å². The number of carboxylic acid groups (broad SMARTS) is 1. The molecule has 1 atom stereocenters. The molecule has 0 saturated carbocycles. The first-order chi connectivity index (χ1) is 9.11. The largest absolute Gasteiger partial charge is 0.477 e. The van der Waals surface area contributed by atoms with Crippen molar-refractivity contribution in [1.29, 1.82) is 0 Å². The Bertz CT molecular complexity index is 490. The smallest absolute Gasteiger partial charge is 0.354 e. The molecule has 1 amide bonds. The number of anilines is 1. The summed E-state index contributed by atoms with van der Waals surface area (Å²) in [6.07, 6.45) is 3.28. The number of piperidine rings is 1. The number of pyridine rings is 1. The van der Waals surface area contributed by atoms with E-state index in [1.54, 1.807) is 19.2 Å². The predicted molar refractivity (Wildman–Crippen MR) is 70.2 cm³/mol. The molecule has 2 heterocycles. The first-order valence-electron chi connectivity index (χ1n) is 6.27. The number of nitrogens with one attached hydrogen (secondary N) is 1. The zero-order valence-corrected chi connectivity index (χ0v) is 10.8. The third kappa shape index (κ3) is 3.01. The maximum Gasteiger partial charge on any atom is 0.354 e. The minimum absolute atomic E-state index is 0.0274. The SMILES string of the molecule is CNC(=O)C1CCCN(c2ccnc(C(=O)O)c2)C1. The summed E-state index contributed by atoms with van der Waals surface area (Å²) in [5.74, 6) is -1.04. The molecule has 1 aromatic rings. The Morgan fingerprint density at radius 1 is 1.53 bits per heavy atom. The summed E-state index contributed by atoms with van der Waals surface area (Å²) >= 11 is 0. The Balaban J connectivity index is 2.15. The Labute approximate surface area is 111 Å². The number of hydrogen-bond acceptors (Lipinski definition) is 4. The van der Waals surface area contributed by atoms with Gasteiger partial charge < -0.3 is 15.3 Å². The van der Waals surface area contributed by atoms with Gasteiger partial charge in [0, 0.05) is 32.0 Å². The summed E-state index contributed by atoms with van der Waals surface area (Å²) in [7, 11) is 1.64. The van der Waals surface area contributed by atoms with Crippen LogP contribution >= 0.6 is 0 Å². The minimum Gasteiger partial charge on any atom is -0.477 e. The van der Waals surface area contributed by atoms with Crippen LogP contribution < -0.4 is 10.2 Å². The lowest BCUT2D eigenvalue weighted by atomic mass is 9.97. The van der Waals surface area contributed by atoms with E-state index < -0.39 is 5.97 Å². The molecule has 6 heteroatoms. The lowest BCUT2D eigenvalue weighted by molar-refractivity contribution is -0.124. The molecule has 19 heavy (non-hydrogen) atoms. The van der Waals surface area contributed by atoms with E-state index in [2.05, 4.69) is 10.3 Å². The van der Waals surface area contributed by atoms with Crippen molar-refractivity contribution in [3.05, 3.63) is 24.0 Å². The summed E-state index contributed by atoms with van der Waals surface area (Å²) < 4.78 is 0. The van der Waals surface area contributed by atoms with Crippen molar-refractivity contribution in [2.45, 2.75) is 12.8 Å². The van der Waals surface area contributed by atoms with E-state index in [-0.39, 0.29) is 17.5 Å². The second kappa shape index (κ2) is 5.69. The highest BCUT2D eigenvalue weighted by Gasteiger charge is 2.25. The van der Waals surface area contributed by atoms with Crippen LogP contribution in [0.4, 0.5) is 5.69 Å². The van der Waals surface area contributed by atoms with Crippen LogP contribution in [0.5, 0.6) is 0 Å². The molecule has 0 spiro atoms. The van der Waals surface area contributed by atoms with Gasteiger partial charge in [-0.25, -0.2) is 9.78 Å². The molecule has 2 N–H and O–H groups in total. The zero-order valence-electron chi connectivity index (χ0n) is 10.8. The molecule has 0 aliphatic carbocycles. The van der Waals surface area contributed by atoms with Gasteiger partial charge in [0.2, 0.25) is 5.91 Å². The summed E-state index contributed by atoms with van der Waals surface area (Å²) in [4.78, 5) is 28.4. The molecule has 0 radical (unpaired) electrons. The quantitative estimate of drug-likeness (QED) is 0.840. The summed E-state index contributed by atoms with van der Waals surface area (Å²) in [5, 5.41) is 11.6. The van der Waals surface area contributed by atoms with Gasteiger partial charge in [-0.15, -0.1) is 0 Å². The van der Waals surface area contributed by atoms with Crippen molar-refractivity contribution < 1.29 is 14.7 Å². The number of amides is 1. The average Bonchev–Trinajstić information content (AvgIpc) is 2.46. The zero-order chi connectivity index (χ0) is 13.8. The van der Waals surface area contributed by atoms with E-state index in [0.717, 1.165) is 25.1 Å². The Kier molecular flexibility index (Phi) is 3.99. The first kappa shape index (κ1) is 13.3. The van der Waals surface area contributed by atoms with Crippen LogP contribution in [0, 0.1) is 5.92 Å². The number of hydrogen-bond donors (Lipinski definition) is 2.